The third-order valence-electron chi connectivity index (χ3n) is 4.49. The summed E-state index contributed by atoms with van der Waals surface area (Å²) < 4.78 is 5.68. The predicted molar refractivity (Wildman–Crippen MR) is 80.2 cm³/mol. The van der Waals surface area contributed by atoms with Crippen LogP contribution in [0.1, 0.15) is 53.4 Å². The summed E-state index contributed by atoms with van der Waals surface area (Å²) >= 11 is 1.86. The first-order valence-corrected chi connectivity index (χ1v) is 8.62. The zero-order valence-electron chi connectivity index (χ0n) is 12.6. The summed E-state index contributed by atoms with van der Waals surface area (Å²) in [7, 11) is 0. The van der Waals surface area contributed by atoms with Crippen LogP contribution in [-0.2, 0) is 9.53 Å². The maximum atomic E-state index is 13.1. The molecule has 110 valence electrons. The summed E-state index contributed by atoms with van der Waals surface area (Å²) in [5.74, 6) is 1.83. The van der Waals surface area contributed by atoms with Crippen LogP contribution in [0.2, 0.25) is 0 Å². The first kappa shape index (κ1) is 15.2. The van der Waals surface area contributed by atoms with Crippen LogP contribution in [0.5, 0.6) is 0 Å². The van der Waals surface area contributed by atoms with E-state index in [1.54, 1.807) is 0 Å². The van der Waals surface area contributed by atoms with E-state index in [9.17, 15) is 4.79 Å². The Hall–Kier alpha value is -0.220. The van der Waals surface area contributed by atoms with Crippen LogP contribution in [0.15, 0.2) is 0 Å². The van der Waals surface area contributed by atoms with Crippen molar-refractivity contribution in [3.05, 3.63) is 0 Å². The molecule has 2 heterocycles. The number of hydrogen-bond acceptors (Lipinski definition) is 3. The number of nitrogens with zero attached hydrogens (tertiary/aromatic N) is 1. The van der Waals surface area contributed by atoms with Gasteiger partial charge in [-0.3, -0.25) is 4.79 Å². The van der Waals surface area contributed by atoms with Crippen LogP contribution in [0.25, 0.3) is 0 Å². The van der Waals surface area contributed by atoms with Gasteiger partial charge in [0, 0.05) is 6.42 Å². The van der Waals surface area contributed by atoms with Crippen LogP contribution in [0, 0.1) is 5.92 Å². The quantitative estimate of drug-likeness (QED) is 0.794. The highest BCUT2D eigenvalue weighted by Crippen LogP contribution is 2.42. The molecule has 2 aliphatic heterocycles. The highest BCUT2D eigenvalue weighted by atomic mass is 32.2. The molecule has 0 aromatic heterocycles. The molecular formula is C15H27NO2S. The Labute approximate surface area is 121 Å². The van der Waals surface area contributed by atoms with E-state index in [1.165, 1.54) is 0 Å². The Balaban J connectivity index is 2.29. The number of rotatable bonds is 4. The number of amides is 1. The number of hydrogen-bond donors (Lipinski definition) is 0. The van der Waals surface area contributed by atoms with Crippen molar-refractivity contribution >= 4 is 17.7 Å². The molecule has 3 atom stereocenters. The fraction of sp³-hybridized carbons (Fsp3) is 0.933. The minimum Gasteiger partial charge on any atom is -0.356 e. The van der Waals surface area contributed by atoms with Gasteiger partial charge in [-0.15, -0.1) is 11.8 Å². The maximum Gasteiger partial charge on any atom is 0.241 e. The minimum absolute atomic E-state index is 0.0256. The van der Waals surface area contributed by atoms with E-state index in [-0.39, 0.29) is 17.0 Å². The Bertz CT molecular complexity index is 334. The van der Waals surface area contributed by atoms with Crippen LogP contribution < -0.4 is 0 Å². The molecule has 0 unspecified atom stereocenters. The monoisotopic (exact) mass is 285 g/mol. The molecular weight excluding hydrogens is 258 g/mol. The molecule has 0 saturated carbocycles. The summed E-state index contributed by atoms with van der Waals surface area (Å²) in [5.41, 5.74) is 0. The van der Waals surface area contributed by atoms with Gasteiger partial charge in [0.05, 0.1) is 17.4 Å². The molecule has 0 aliphatic carbocycles. The van der Waals surface area contributed by atoms with E-state index in [1.807, 2.05) is 11.8 Å². The van der Waals surface area contributed by atoms with E-state index in [0.29, 0.717) is 18.4 Å². The number of thioether (sulfide) groups is 1. The van der Waals surface area contributed by atoms with Crippen molar-refractivity contribution < 1.29 is 9.53 Å². The Morgan fingerprint density at radius 3 is 2.79 bits per heavy atom. The smallest absolute Gasteiger partial charge is 0.241 e. The molecule has 4 heteroatoms. The van der Waals surface area contributed by atoms with Crippen LogP contribution in [0.4, 0.5) is 0 Å². The molecule has 0 spiro atoms. The van der Waals surface area contributed by atoms with E-state index >= 15 is 0 Å². The van der Waals surface area contributed by atoms with Gasteiger partial charge in [-0.2, -0.15) is 0 Å². The van der Waals surface area contributed by atoms with Gasteiger partial charge in [0.1, 0.15) is 6.23 Å². The minimum atomic E-state index is -0.204. The summed E-state index contributed by atoms with van der Waals surface area (Å²) in [4.78, 5) is 15.2. The molecule has 2 aliphatic rings. The topological polar surface area (TPSA) is 29.5 Å². The lowest BCUT2D eigenvalue weighted by atomic mass is 9.95. The van der Waals surface area contributed by atoms with Gasteiger partial charge in [0.2, 0.25) is 5.91 Å². The van der Waals surface area contributed by atoms with Crippen molar-refractivity contribution in [3.8, 4) is 0 Å². The highest BCUT2D eigenvalue weighted by molar-refractivity contribution is 8.01. The SMILES string of the molecule is CCC[C@@]1(CC)SCC[C@H]2OC[C@H](C(C)C)N2C1=O. The van der Waals surface area contributed by atoms with Crippen LogP contribution in [0.3, 0.4) is 0 Å². The molecule has 0 bridgehead atoms. The highest BCUT2D eigenvalue weighted by Gasteiger charge is 2.49. The van der Waals surface area contributed by atoms with Crippen molar-refractivity contribution in [1.29, 1.82) is 0 Å². The molecule has 0 N–H and O–H groups in total. The number of ether oxygens (including phenoxy) is 1. The standard InChI is InChI=1S/C15H27NO2S/c1-5-8-15(6-2)14(17)16-12(11(3)4)10-18-13(16)7-9-19-15/h11-13H,5-10H2,1-4H3/t12-,13-,15-/m1/s1. The Morgan fingerprint density at radius 2 is 2.21 bits per heavy atom. The molecule has 2 rings (SSSR count). The van der Waals surface area contributed by atoms with E-state index in [0.717, 1.165) is 31.4 Å². The molecule has 0 aromatic rings. The number of carbonyl (C=O) groups is 1. The van der Waals surface area contributed by atoms with E-state index in [2.05, 4.69) is 32.6 Å². The zero-order valence-corrected chi connectivity index (χ0v) is 13.5. The number of carbonyl (C=O) groups excluding carboxylic acids is 1. The second-order valence-corrected chi connectivity index (χ2v) is 7.53. The average Bonchev–Trinajstić information content (AvgIpc) is 2.75. The molecule has 19 heavy (non-hydrogen) atoms. The van der Waals surface area contributed by atoms with Gasteiger partial charge in [0.25, 0.3) is 0 Å². The maximum absolute atomic E-state index is 13.1. The fourth-order valence-electron chi connectivity index (χ4n) is 3.27. The molecule has 2 saturated heterocycles. The fourth-order valence-corrected chi connectivity index (χ4v) is 4.76. The molecule has 1 amide bonds. The van der Waals surface area contributed by atoms with Gasteiger partial charge in [-0.05, 0) is 24.5 Å². The third-order valence-corrected chi connectivity index (χ3v) is 6.15. The second kappa shape index (κ2) is 6.04. The first-order chi connectivity index (χ1) is 9.05. The summed E-state index contributed by atoms with van der Waals surface area (Å²) in [5, 5.41) is 0. The third kappa shape index (κ3) is 2.66. The largest absolute Gasteiger partial charge is 0.356 e. The second-order valence-electron chi connectivity index (χ2n) is 6.05. The molecule has 3 nitrogen and oxygen atoms in total. The van der Waals surface area contributed by atoms with Gasteiger partial charge < -0.3 is 9.64 Å². The predicted octanol–water partition coefficient (Wildman–Crippen LogP) is 3.28. The van der Waals surface area contributed by atoms with Crippen molar-refractivity contribution in [2.75, 3.05) is 12.4 Å². The van der Waals surface area contributed by atoms with Crippen LogP contribution in [-0.4, -0.2) is 40.2 Å². The normalized spacial score (nSPS) is 35.6. The molecule has 2 fully saturated rings. The Morgan fingerprint density at radius 1 is 1.47 bits per heavy atom. The molecule has 0 aromatic carbocycles. The lowest BCUT2D eigenvalue weighted by molar-refractivity contribution is -0.141. The van der Waals surface area contributed by atoms with Crippen LogP contribution >= 0.6 is 11.8 Å². The lowest BCUT2D eigenvalue weighted by Crippen LogP contribution is -2.51. The van der Waals surface area contributed by atoms with Crippen molar-refractivity contribution in [3.63, 3.8) is 0 Å². The van der Waals surface area contributed by atoms with Gasteiger partial charge in [0.15, 0.2) is 0 Å². The Kier molecular flexibility index (Phi) is 4.83. The van der Waals surface area contributed by atoms with E-state index in [4.69, 9.17) is 4.74 Å². The summed E-state index contributed by atoms with van der Waals surface area (Å²) in [6.45, 7) is 9.42. The van der Waals surface area contributed by atoms with Crippen molar-refractivity contribution in [2.24, 2.45) is 5.92 Å². The summed E-state index contributed by atoms with van der Waals surface area (Å²) in [6.07, 6.45) is 3.99. The van der Waals surface area contributed by atoms with Crippen molar-refractivity contribution in [1.82, 2.24) is 4.90 Å². The zero-order chi connectivity index (χ0) is 14.0. The lowest BCUT2D eigenvalue weighted by Gasteiger charge is -2.36. The van der Waals surface area contributed by atoms with Gasteiger partial charge in [-0.1, -0.05) is 34.1 Å². The van der Waals surface area contributed by atoms with Crippen molar-refractivity contribution in [2.45, 2.75) is 70.4 Å². The first-order valence-electron chi connectivity index (χ1n) is 7.64. The van der Waals surface area contributed by atoms with Gasteiger partial charge >= 0.3 is 0 Å². The molecule has 0 radical (unpaired) electrons. The number of fused-ring (bicyclic) bond motifs is 1. The summed E-state index contributed by atoms with van der Waals surface area (Å²) in [6, 6.07) is 0.263. The van der Waals surface area contributed by atoms with E-state index < -0.39 is 0 Å². The average molecular weight is 285 g/mol. The van der Waals surface area contributed by atoms with Gasteiger partial charge in [-0.25, -0.2) is 0 Å².